The molecule has 0 amide bonds. The van der Waals surface area contributed by atoms with E-state index in [1.807, 2.05) is 0 Å². The second-order valence-electron chi connectivity index (χ2n) is 25.1. The van der Waals surface area contributed by atoms with Gasteiger partial charge in [-0.3, -0.25) is 32.5 Å². The van der Waals surface area contributed by atoms with E-state index in [2.05, 4.69) is 142 Å². The molecular weight excluding hydrogens is 1270 g/mol. The van der Waals surface area contributed by atoms with Gasteiger partial charge in [0.1, 0.15) is 25.4 Å². The molecule has 0 bridgehead atoms. The van der Waals surface area contributed by atoms with Crippen molar-refractivity contribution in [2.45, 2.75) is 322 Å². The third-order valence-electron chi connectivity index (χ3n) is 15.6. The number of unbranched alkanes of at least 4 members (excludes halogenated alkanes) is 28. The summed E-state index contributed by atoms with van der Waals surface area (Å²) in [6, 6.07) is 0. The Balaban J connectivity index is 4.58. The van der Waals surface area contributed by atoms with Gasteiger partial charge in [0.2, 0.25) is 0 Å². The first-order valence-electron chi connectivity index (χ1n) is 37.8. The lowest BCUT2D eigenvalue weighted by Gasteiger charge is -2.21. The normalized spacial score (nSPS) is 14.8. The number of aliphatic hydroxyl groups is 2. The van der Waals surface area contributed by atoms with Crippen molar-refractivity contribution in [2.24, 2.45) is 0 Å². The number of rotatable bonds is 71. The Morgan fingerprint density at radius 1 is 0.299 bits per heavy atom. The van der Waals surface area contributed by atoms with Gasteiger partial charge in [0.05, 0.1) is 26.4 Å². The van der Waals surface area contributed by atoms with E-state index in [1.54, 1.807) is 0 Å². The summed E-state index contributed by atoms with van der Waals surface area (Å²) >= 11 is 0. The maximum atomic E-state index is 12.9. The van der Waals surface area contributed by atoms with E-state index < -0.39 is 91.5 Å². The van der Waals surface area contributed by atoms with Gasteiger partial charge in [-0.15, -0.1) is 0 Å². The maximum Gasteiger partial charge on any atom is 0.472 e. The van der Waals surface area contributed by atoms with Crippen LogP contribution in [0.15, 0.2) is 122 Å². The minimum absolute atomic E-state index is 0.0897. The van der Waals surface area contributed by atoms with E-state index in [9.17, 15) is 43.5 Å². The zero-order valence-electron chi connectivity index (χ0n) is 60.7. The van der Waals surface area contributed by atoms with Crippen molar-refractivity contribution in [3.63, 3.8) is 0 Å². The van der Waals surface area contributed by atoms with E-state index in [0.29, 0.717) is 19.3 Å². The standard InChI is InChI=1S/C79H136O16P2/c1-4-7-10-13-16-19-22-25-27-29-31-33-35-36-38-40-41-43-45-48-50-53-56-59-62-65-77(82)89-68-74(80)69-91-96(85,86)92-70-75(81)71-93-97(87,88)94-73-76(95-79(84)67-64-61-58-55-52-47-24-21-18-15-12-9-6-3)72-90-78(83)66-63-60-57-54-51-49-46-44-42-39-37-34-32-30-28-26-23-20-17-14-11-8-5-2/h8,11,16-17,19-21,24-28,31-34,36,38-39,42,74-76,80-81H,4-7,9-10,12-15,18,22-23,29-30,35,37,40-41,43-73H2,1-3H3,(H,85,86)(H,87,88)/b11-8-,19-16-,20-17-,24-21-,27-25-,28-26-,33-31-,34-32-,38-36-,42-39-. The lowest BCUT2D eigenvalue weighted by atomic mass is 10.1. The molecule has 0 aliphatic carbocycles. The Bertz CT molecular complexity index is 2250. The number of carbonyl (C=O) groups excluding carboxylic acids is 3. The van der Waals surface area contributed by atoms with Crippen LogP contribution in [0.25, 0.3) is 0 Å². The molecule has 18 heteroatoms. The summed E-state index contributed by atoms with van der Waals surface area (Å²) in [7, 11) is -9.79. The molecule has 0 spiro atoms. The fraction of sp³-hybridized carbons (Fsp3) is 0.709. The van der Waals surface area contributed by atoms with Crippen molar-refractivity contribution in [3.05, 3.63) is 122 Å². The molecule has 0 saturated carbocycles. The fourth-order valence-corrected chi connectivity index (χ4v) is 11.5. The van der Waals surface area contributed by atoms with Crippen LogP contribution in [0.2, 0.25) is 0 Å². The third kappa shape index (κ3) is 73.0. The number of ether oxygens (including phenoxy) is 3. The van der Waals surface area contributed by atoms with Crippen LogP contribution in [0.5, 0.6) is 0 Å². The van der Waals surface area contributed by atoms with Crippen molar-refractivity contribution in [3.8, 4) is 0 Å². The summed E-state index contributed by atoms with van der Waals surface area (Å²) in [5.41, 5.74) is 0. The predicted octanol–water partition coefficient (Wildman–Crippen LogP) is 21.8. The molecule has 0 aromatic heterocycles. The first-order valence-corrected chi connectivity index (χ1v) is 40.8. The second kappa shape index (κ2) is 71.8. The van der Waals surface area contributed by atoms with Crippen molar-refractivity contribution in [1.82, 2.24) is 0 Å². The number of aliphatic hydroxyl groups excluding tert-OH is 2. The maximum absolute atomic E-state index is 12.9. The van der Waals surface area contributed by atoms with Gasteiger partial charge in [0, 0.05) is 19.3 Å². The molecule has 0 radical (unpaired) electrons. The van der Waals surface area contributed by atoms with E-state index in [0.717, 1.165) is 167 Å². The lowest BCUT2D eigenvalue weighted by Crippen LogP contribution is -2.30. The predicted molar refractivity (Wildman–Crippen MR) is 399 cm³/mol. The molecule has 16 nitrogen and oxygen atoms in total. The van der Waals surface area contributed by atoms with E-state index >= 15 is 0 Å². The highest BCUT2D eigenvalue weighted by molar-refractivity contribution is 7.47. The van der Waals surface area contributed by atoms with E-state index in [-0.39, 0.29) is 19.3 Å². The summed E-state index contributed by atoms with van der Waals surface area (Å²) in [6.07, 6.45) is 83.8. The average Bonchev–Trinajstić information content (AvgIpc) is 1.87. The number of hydrogen-bond donors (Lipinski definition) is 4. The highest BCUT2D eigenvalue weighted by atomic mass is 31.2. The number of phosphoric acid groups is 2. The van der Waals surface area contributed by atoms with Crippen molar-refractivity contribution in [2.75, 3.05) is 39.6 Å². The molecule has 5 unspecified atom stereocenters. The van der Waals surface area contributed by atoms with E-state index in [4.69, 9.17) is 32.3 Å². The zero-order chi connectivity index (χ0) is 70.9. The van der Waals surface area contributed by atoms with Gasteiger partial charge < -0.3 is 34.2 Å². The van der Waals surface area contributed by atoms with Crippen LogP contribution in [-0.4, -0.2) is 95.9 Å². The molecule has 97 heavy (non-hydrogen) atoms. The average molecular weight is 1400 g/mol. The Morgan fingerprint density at radius 2 is 0.546 bits per heavy atom. The first kappa shape index (κ1) is 93.0. The smallest absolute Gasteiger partial charge is 0.463 e. The van der Waals surface area contributed by atoms with Gasteiger partial charge in [-0.05, 0) is 135 Å². The third-order valence-corrected chi connectivity index (χ3v) is 17.5. The van der Waals surface area contributed by atoms with Crippen LogP contribution in [0.1, 0.15) is 303 Å². The molecule has 5 atom stereocenters. The highest BCUT2D eigenvalue weighted by Crippen LogP contribution is 2.45. The molecule has 558 valence electrons. The number of phosphoric ester groups is 2. The highest BCUT2D eigenvalue weighted by Gasteiger charge is 2.29. The van der Waals surface area contributed by atoms with Gasteiger partial charge >= 0.3 is 33.6 Å². The van der Waals surface area contributed by atoms with Crippen LogP contribution in [-0.2, 0) is 55.8 Å². The van der Waals surface area contributed by atoms with E-state index in [1.165, 1.54) is 77.0 Å². The number of hydrogen-bond acceptors (Lipinski definition) is 14. The second-order valence-corrected chi connectivity index (χ2v) is 28.0. The molecule has 0 aliphatic heterocycles. The van der Waals surface area contributed by atoms with Gasteiger partial charge in [-0.25, -0.2) is 9.13 Å². The van der Waals surface area contributed by atoms with Crippen LogP contribution in [0.3, 0.4) is 0 Å². The molecule has 4 N–H and O–H groups in total. The molecule has 0 aromatic carbocycles. The summed E-state index contributed by atoms with van der Waals surface area (Å²) < 4.78 is 61.0. The largest absolute Gasteiger partial charge is 0.472 e. The Kier molecular flexibility index (Phi) is 68.8. The minimum atomic E-state index is -4.93. The molecule has 0 rings (SSSR count). The molecular formula is C79H136O16P2. The van der Waals surface area contributed by atoms with Crippen molar-refractivity contribution >= 4 is 33.6 Å². The summed E-state index contributed by atoms with van der Waals surface area (Å²) in [4.78, 5) is 58.5. The topological polar surface area (TPSA) is 231 Å². The molecule has 0 fully saturated rings. The zero-order valence-corrected chi connectivity index (χ0v) is 62.5. The monoisotopic (exact) mass is 1400 g/mol. The van der Waals surface area contributed by atoms with Gasteiger partial charge in [-0.2, -0.15) is 0 Å². The van der Waals surface area contributed by atoms with Gasteiger partial charge in [0.25, 0.3) is 0 Å². The summed E-state index contributed by atoms with van der Waals surface area (Å²) in [6.45, 7) is 2.50. The Morgan fingerprint density at radius 3 is 0.897 bits per heavy atom. The SMILES string of the molecule is CC/C=C\C/C=C\C/C=C\C/C=C\C/C=C\CCCCCCCCCC(=O)OCC(COP(=O)(O)OCC(O)COP(=O)(O)OCC(O)COC(=O)CCCCCCCCCCC/C=C\C/C=C\C/C=C\C/C=C\CCCCC)OC(=O)CCCCCCC/C=C\CCCCCC. The fourth-order valence-electron chi connectivity index (χ4n) is 9.87. The Labute approximate surface area is 589 Å². The lowest BCUT2D eigenvalue weighted by molar-refractivity contribution is -0.161. The molecule has 0 aliphatic rings. The Hall–Kier alpha value is -4.05. The van der Waals surface area contributed by atoms with Gasteiger partial charge in [-0.1, -0.05) is 271 Å². The molecule has 0 saturated heterocycles. The van der Waals surface area contributed by atoms with Gasteiger partial charge in [0.15, 0.2) is 6.10 Å². The minimum Gasteiger partial charge on any atom is -0.463 e. The number of allylic oxidation sites excluding steroid dienone is 20. The quantitative estimate of drug-likeness (QED) is 0.0146. The van der Waals surface area contributed by atoms with Crippen LogP contribution in [0, 0.1) is 0 Å². The number of esters is 3. The number of carbonyl (C=O) groups is 3. The summed E-state index contributed by atoms with van der Waals surface area (Å²) in [5.74, 6) is -1.60. The first-order chi connectivity index (χ1) is 47.2. The van der Waals surface area contributed by atoms with Crippen LogP contribution >= 0.6 is 15.6 Å². The summed E-state index contributed by atoms with van der Waals surface area (Å²) in [5, 5.41) is 20.6. The molecule has 0 aromatic rings. The molecule has 0 heterocycles. The van der Waals surface area contributed by atoms with Crippen molar-refractivity contribution < 1.29 is 75.8 Å². The van der Waals surface area contributed by atoms with Crippen LogP contribution < -0.4 is 0 Å². The van der Waals surface area contributed by atoms with Crippen molar-refractivity contribution in [1.29, 1.82) is 0 Å². The van der Waals surface area contributed by atoms with Crippen LogP contribution in [0.4, 0.5) is 0 Å².